The molecule has 1 atom stereocenters. The number of carboxylic acids is 1. The highest BCUT2D eigenvalue weighted by Crippen LogP contribution is 2.26. The standard InChI is InChI=1S/C14H18N2O5S/c1-2-13(17)15-10-5-7-11(8-6-10)22(20,21)16-9-3-4-12(16)14(18)19/h5-8,12H,2-4,9H2,1H3,(H,15,17)(H,18,19)/t12-/m0/s1. The number of sulfonamides is 1. The molecule has 0 bridgehead atoms. The Morgan fingerprint density at radius 1 is 1.32 bits per heavy atom. The number of nitrogens with zero attached hydrogens (tertiary/aromatic N) is 1. The average Bonchev–Trinajstić information content (AvgIpc) is 2.98. The summed E-state index contributed by atoms with van der Waals surface area (Å²) in [5, 5.41) is 11.7. The van der Waals surface area contributed by atoms with Crippen LogP contribution in [0.15, 0.2) is 29.2 Å². The monoisotopic (exact) mass is 326 g/mol. The van der Waals surface area contributed by atoms with Gasteiger partial charge in [-0.1, -0.05) is 6.92 Å². The Hall–Kier alpha value is -1.93. The molecule has 1 aliphatic rings. The van der Waals surface area contributed by atoms with E-state index in [1.807, 2.05) is 0 Å². The number of carbonyl (C=O) groups is 2. The Bertz CT molecular complexity index is 669. The summed E-state index contributed by atoms with van der Waals surface area (Å²) in [6.45, 7) is 1.92. The molecule has 1 fully saturated rings. The van der Waals surface area contributed by atoms with Crippen LogP contribution in [0.5, 0.6) is 0 Å². The zero-order valence-corrected chi connectivity index (χ0v) is 13.0. The lowest BCUT2D eigenvalue weighted by molar-refractivity contribution is -0.140. The number of hydrogen-bond acceptors (Lipinski definition) is 4. The largest absolute Gasteiger partial charge is 0.480 e. The van der Waals surface area contributed by atoms with Gasteiger partial charge in [0.25, 0.3) is 0 Å². The van der Waals surface area contributed by atoms with Crippen LogP contribution >= 0.6 is 0 Å². The van der Waals surface area contributed by atoms with E-state index in [0.29, 0.717) is 24.9 Å². The predicted octanol–water partition coefficient (Wildman–Crippen LogP) is 1.27. The van der Waals surface area contributed by atoms with Gasteiger partial charge >= 0.3 is 5.97 Å². The van der Waals surface area contributed by atoms with E-state index in [0.717, 1.165) is 4.31 Å². The lowest BCUT2D eigenvalue weighted by Gasteiger charge is -2.21. The normalized spacial score (nSPS) is 19.0. The topological polar surface area (TPSA) is 104 Å². The first-order chi connectivity index (χ1) is 10.4. The summed E-state index contributed by atoms with van der Waals surface area (Å²) in [5.41, 5.74) is 0.502. The van der Waals surface area contributed by atoms with Crippen LogP contribution in [-0.2, 0) is 19.6 Å². The van der Waals surface area contributed by atoms with Gasteiger partial charge in [0.1, 0.15) is 6.04 Å². The molecule has 0 aliphatic carbocycles. The fraction of sp³-hybridized carbons (Fsp3) is 0.429. The summed E-state index contributed by atoms with van der Waals surface area (Å²) in [4.78, 5) is 22.5. The lowest BCUT2D eigenvalue weighted by Crippen LogP contribution is -2.40. The zero-order chi connectivity index (χ0) is 16.3. The van der Waals surface area contributed by atoms with E-state index in [1.54, 1.807) is 6.92 Å². The molecule has 2 rings (SSSR count). The van der Waals surface area contributed by atoms with E-state index in [1.165, 1.54) is 24.3 Å². The van der Waals surface area contributed by atoms with Crippen LogP contribution in [0.4, 0.5) is 5.69 Å². The summed E-state index contributed by atoms with van der Waals surface area (Å²) in [7, 11) is -3.84. The van der Waals surface area contributed by atoms with Gasteiger partial charge in [0.05, 0.1) is 4.90 Å². The lowest BCUT2D eigenvalue weighted by atomic mass is 10.2. The molecule has 7 nitrogen and oxygen atoms in total. The summed E-state index contributed by atoms with van der Waals surface area (Å²) in [6, 6.07) is 4.72. The van der Waals surface area contributed by atoms with E-state index in [4.69, 9.17) is 5.11 Å². The first-order valence-electron chi connectivity index (χ1n) is 7.01. The molecule has 8 heteroatoms. The van der Waals surface area contributed by atoms with Gasteiger partial charge < -0.3 is 10.4 Å². The van der Waals surface area contributed by atoms with Crippen molar-refractivity contribution in [3.63, 3.8) is 0 Å². The predicted molar refractivity (Wildman–Crippen MR) is 79.9 cm³/mol. The Balaban J connectivity index is 2.23. The molecule has 1 aliphatic heterocycles. The maximum absolute atomic E-state index is 12.5. The van der Waals surface area contributed by atoms with Gasteiger partial charge in [0.15, 0.2) is 0 Å². The van der Waals surface area contributed by atoms with E-state index < -0.39 is 22.0 Å². The molecule has 0 unspecified atom stereocenters. The van der Waals surface area contributed by atoms with Gasteiger partial charge in [-0.25, -0.2) is 8.42 Å². The van der Waals surface area contributed by atoms with Crippen LogP contribution in [0.2, 0.25) is 0 Å². The third kappa shape index (κ3) is 3.28. The number of amides is 1. The van der Waals surface area contributed by atoms with Gasteiger partial charge in [0, 0.05) is 18.7 Å². The van der Waals surface area contributed by atoms with Crippen LogP contribution < -0.4 is 5.32 Å². The zero-order valence-electron chi connectivity index (χ0n) is 12.2. The van der Waals surface area contributed by atoms with Gasteiger partial charge in [-0.15, -0.1) is 0 Å². The first-order valence-corrected chi connectivity index (χ1v) is 8.45. The number of carboxylic acid groups (broad SMARTS) is 1. The van der Waals surface area contributed by atoms with Crippen LogP contribution in [0.25, 0.3) is 0 Å². The summed E-state index contributed by atoms with van der Waals surface area (Å²) >= 11 is 0. The molecule has 0 aromatic heterocycles. The van der Waals surface area contributed by atoms with Crippen molar-refractivity contribution < 1.29 is 23.1 Å². The molecule has 0 spiro atoms. The smallest absolute Gasteiger partial charge is 0.322 e. The number of carbonyl (C=O) groups excluding carboxylic acids is 1. The average molecular weight is 326 g/mol. The maximum atomic E-state index is 12.5. The first kappa shape index (κ1) is 16.4. The third-order valence-electron chi connectivity index (χ3n) is 3.55. The van der Waals surface area contributed by atoms with Crippen LogP contribution in [0.3, 0.4) is 0 Å². The molecule has 2 N–H and O–H groups in total. The maximum Gasteiger partial charge on any atom is 0.322 e. The van der Waals surface area contributed by atoms with Crippen LogP contribution in [0, 0.1) is 0 Å². The minimum atomic E-state index is -3.84. The molecule has 1 aromatic rings. The van der Waals surface area contributed by atoms with Crippen molar-refractivity contribution in [3.8, 4) is 0 Å². The van der Waals surface area contributed by atoms with E-state index in [-0.39, 0.29) is 17.3 Å². The van der Waals surface area contributed by atoms with Gasteiger partial charge in [-0.05, 0) is 37.1 Å². The number of nitrogens with one attached hydrogen (secondary N) is 1. The van der Waals surface area contributed by atoms with E-state index in [9.17, 15) is 18.0 Å². The molecular weight excluding hydrogens is 308 g/mol. The van der Waals surface area contributed by atoms with E-state index >= 15 is 0 Å². The Morgan fingerprint density at radius 2 is 1.95 bits per heavy atom. The number of rotatable bonds is 5. The van der Waals surface area contributed by atoms with Crippen molar-refractivity contribution in [2.75, 3.05) is 11.9 Å². The SMILES string of the molecule is CCC(=O)Nc1ccc(S(=O)(=O)N2CCC[C@H]2C(=O)O)cc1. The van der Waals surface area contributed by atoms with E-state index in [2.05, 4.69) is 5.32 Å². The summed E-state index contributed by atoms with van der Waals surface area (Å²) in [5.74, 6) is -1.30. The highest BCUT2D eigenvalue weighted by Gasteiger charge is 2.39. The quantitative estimate of drug-likeness (QED) is 0.848. The van der Waals surface area contributed by atoms with Gasteiger partial charge in [-0.2, -0.15) is 4.31 Å². The number of hydrogen-bond donors (Lipinski definition) is 2. The molecule has 0 saturated carbocycles. The number of anilines is 1. The second-order valence-corrected chi connectivity index (χ2v) is 6.93. The number of benzene rings is 1. The second kappa shape index (κ2) is 6.45. The van der Waals surface area contributed by atoms with Crippen LogP contribution in [-0.4, -0.2) is 42.3 Å². The molecule has 0 radical (unpaired) electrons. The van der Waals surface area contributed by atoms with Crippen molar-refractivity contribution in [1.29, 1.82) is 0 Å². The molecule has 1 aromatic carbocycles. The molecule has 1 amide bonds. The number of aliphatic carboxylic acids is 1. The molecule has 1 heterocycles. The molecule has 120 valence electrons. The van der Waals surface area contributed by atoms with Crippen molar-refractivity contribution >= 4 is 27.6 Å². The van der Waals surface area contributed by atoms with Crippen LogP contribution in [0.1, 0.15) is 26.2 Å². The fourth-order valence-corrected chi connectivity index (χ4v) is 4.02. The molecular formula is C14H18N2O5S. The van der Waals surface area contributed by atoms with Crippen molar-refractivity contribution in [2.24, 2.45) is 0 Å². The Morgan fingerprint density at radius 3 is 2.50 bits per heavy atom. The van der Waals surface area contributed by atoms with Crippen molar-refractivity contribution in [3.05, 3.63) is 24.3 Å². The summed E-state index contributed by atoms with van der Waals surface area (Å²) < 4.78 is 26.1. The minimum absolute atomic E-state index is 0.0233. The third-order valence-corrected chi connectivity index (χ3v) is 5.48. The molecule has 22 heavy (non-hydrogen) atoms. The minimum Gasteiger partial charge on any atom is -0.480 e. The summed E-state index contributed by atoms with van der Waals surface area (Å²) in [6.07, 6.45) is 1.17. The molecule has 1 saturated heterocycles. The van der Waals surface area contributed by atoms with Crippen molar-refractivity contribution in [1.82, 2.24) is 4.31 Å². The van der Waals surface area contributed by atoms with Gasteiger partial charge in [0.2, 0.25) is 15.9 Å². The second-order valence-electron chi connectivity index (χ2n) is 5.04. The Kier molecular flexibility index (Phi) is 4.82. The van der Waals surface area contributed by atoms with Gasteiger partial charge in [-0.3, -0.25) is 9.59 Å². The fourth-order valence-electron chi connectivity index (χ4n) is 2.37. The Labute approximate surface area is 129 Å². The highest BCUT2D eigenvalue weighted by atomic mass is 32.2. The highest BCUT2D eigenvalue weighted by molar-refractivity contribution is 7.89. The van der Waals surface area contributed by atoms with Crippen molar-refractivity contribution in [2.45, 2.75) is 37.1 Å².